The van der Waals surface area contributed by atoms with Gasteiger partial charge in [-0.25, -0.2) is 9.48 Å². The molecule has 2 fully saturated rings. The zero-order chi connectivity index (χ0) is 19.1. The van der Waals surface area contributed by atoms with Crippen LogP contribution in [-0.2, 0) is 4.79 Å². The van der Waals surface area contributed by atoms with Gasteiger partial charge in [0.1, 0.15) is 5.69 Å². The van der Waals surface area contributed by atoms with Gasteiger partial charge in [0.25, 0.3) is 5.91 Å². The van der Waals surface area contributed by atoms with Crippen molar-refractivity contribution in [3.63, 3.8) is 0 Å². The van der Waals surface area contributed by atoms with Crippen LogP contribution >= 0.6 is 0 Å². The molecule has 2 N–H and O–H groups in total. The molecule has 1 aliphatic carbocycles. The van der Waals surface area contributed by atoms with Gasteiger partial charge in [0.2, 0.25) is 5.91 Å². The van der Waals surface area contributed by atoms with Gasteiger partial charge in [-0.2, -0.15) is 5.10 Å². The van der Waals surface area contributed by atoms with Crippen molar-refractivity contribution in [1.82, 2.24) is 20.0 Å². The van der Waals surface area contributed by atoms with Crippen LogP contribution in [0, 0.1) is 5.92 Å². The molecule has 140 valence electrons. The number of nitrogens with zero attached hydrogens (tertiary/aromatic N) is 3. The van der Waals surface area contributed by atoms with Gasteiger partial charge in [-0.05, 0) is 24.5 Å². The van der Waals surface area contributed by atoms with Crippen LogP contribution in [0.2, 0.25) is 0 Å². The molecule has 1 saturated heterocycles. The summed E-state index contributed by atoms with van der Waals surface area (Å²) in [6, 6.07) is 10.1. The number of carboxylic acids is 1. The second-order valence-electron chi connectivity index (χ2n) is 7.17. The van der Waals surface area contributed by atoms with Crippen LogP contribution in [0.3, 0.4) is 0 Å². The number of hydrogen-bond acceptors (Lipinski definition) is 4. The lowest BCUT2D eigenvalue weighted by Crippen LogP contribution is -2.38. The molecule has 1 aromatic heterocycles. The fourth-order valence-electron chi connectivity index (χ4n) is 3.56. The Kier molecular flexibility index (Phi) is 4.18. The van der Waals surface area contributed by atoms with Crippen molar-refractivity contribution in [3.05, 3.63) is 47.8 Å². The lowest BCUT2D eigenvalue weighted by molar-refractivity contribution is -0.128. The minimum atomic E-state index is -1.20. The van der Waals surface area contributed by atoms with E-state index >= 15 is 0 Å². The number of carbonyl (C=O) groups excluding carboxylic acids is 2. The Balaban J connectivity index is 1.55. The van der Waals surface area contributed by atoms with Gasteiger partial charge in [0.15, 0.2) is 5.69 Å². The van der Waals surface area contributed by atoms with Crippen LogP contribution < -0.4 is 5.32 Å². The van der Waals surface area contributed by atoms with Crippen LogP contribution in [0.25, 0.3) is 5.69 Å². The zero-order valence-corrected chi connectivity index (χ0v) is 14.8. The molecule has 1 aromatic carbocycles. The van der Waals surface area contributed by atoms with Crippen LogP contribution in [0.15, 0.2) is 36.4 Å². The summed E-state index contributed by atoms with van der Waals surface area (Å²) in [6.07, 6.45) is 1.27. The second kappa shape index (κ2) is 6.53. The van der Waals surface area contributed by atoms with Crippen LogP contribution in [0.5, 0.6) is 0 Å². The van der Waals surface area contributed by atoms with Gasteiger partial charge < -0.3 is 15.3 Å². The average Bonchev–Trinajstić information content (AvgIpc) is 3.06. The summed E-state index contributed by atoms with van der Waals surface area (Å²) in [7, 11) is 0. The molecule has 0 bridgehead atoms. The van der Waals surface area contributed by atoms with Gasteiger partial charge in [0, 0.05) is 25.1 Å². The maximum atomic E-state index is 12.8. The number of hydrogen-bond donors (Lipinski definition) is 2. The summed E-state index contributed by atoms with van der Waals surface area (Å²) >= 11 is 0. The molecular formula is C19H20N4O4. The highest BCUT2D eigenvalue weighted by atomic mass is 16.4. The molecule has 2 aliphatic rings. The number of likely N-dealkylation sites (tertiary alicyclic amines) is 1. The first-order valence-corrected chi connectivity index (χ1v) is 8.93. The third-order valence-electron chi connectivity index (χ3n) is 5.12. The first-order chi connectivity index (χ1) is 12.9. The number of benzene rings is 1. The fraction of sp³-hybridized carbons (Fsp3) is 0.368. The number of para-hydroxylation sites is 1. The number of amides is 2. The van der Waals surface area contributed by atoms with Crippen LogP contribution in [0.1, 0.15) is 40.7 Å². The molecular weight excluding hydrogens is 348 g/mol. The molecule has 0 spiro atoms. The summed E-state index contributed by atoms with van der Waals surface area (Å²) in [4.78, 5) is 38.1. The van der Waals surface area contributed by atoms with Crippen molar-refractivity contribution < 1.29 is 19.5 Å². The minimum absolute atomic E-state index is 0.0532. The molecule has 4 rings (SSSR count). The molecule has 2 aromatic rings. The third-order valence-corrected chi connectivity index (χ3v) is 5.12. The normalized spacial score (nSPS) is 24.1. The second-order valence-corrected chi connectivity index (χ2v) is 7.17. The SMILES string of the molecule is C[C@@H]1C[C@H]1N1C[C@@H](NC(=O)c2cc(C(=O)O)nn2-c2ccccc2)CC1=O. The Morgan fingerprint density at radius 1 is 1.26 bits per heavy atom. The third kappa shape index (κ3) is 3.30. The maximum Gasteiger partial charge on any atom is 0.356 e. The van der Waals surface area contributed by atoms with Crippen molar-refractivity contribution in [1.29, 1.82) is 0 Å². The number of aromatic nitrogens is 2. The average molecular weight is 368 g/mol. The quantitative estimate of drug-likeness (QED) is 0.828. The molecule has 8 nitrogen and oxygen atoms in total. The molecule has 2 heterocycles. The van der Waals surface area contributed by atoms with Gasteiger partial charge >= 0.3 is 5.97 Å². The monoisotopic (exact) mass is 368 g/mol. The largest absolute Gasteiger partial charge is 0.476 e. The highest BCUT2D eigenvalue weighted by Crippen LogP contribution is 2.37. The molecule has 8 heteroatoms. The summed E-state index contributed by atoms with van der Waals surface area (Å²) in [5, 5.41) is 16.1. The van der Waals surface area contributed by atoms with Gasteiger partial charge in [0.05, 0.1) is 11.7 Å². The van der Waals surface area contributed by atoms with E-state index in [1.807, 2.05) is 11.0 Å². The van der Waals surface area contributed by atoms with E-state index in [0.717, 1.165) is 6.42 Å². The first kappa shape index (κ1) is 17.3. The maximum absolute atomic E-state index is 12.8. The number of nitrogens with one attached hydrogen (secondary N) is 1. The highest BCUT2D eigenvalue weighted by molar-refractivity contribution is 5.97. The van der Waals surface area contributed by atoms with Gasteiger partial charge in [-0.15, -0.1) is 0 Å². The Morgan fingerprint density at radius 2 is 1.96 bits per heavy atom. The molecule has 3 atom stereocenters. The predicted octanol–water partition coefficient (Wildman–Crippen LogP) is 1.31. The summed E-state index contributed by atoms with van der Waals surface area (Å²) in [6.45, 7) is 2.60. The summed E-state index contributed by atoms with van der Waals surface area (Å²) < 4.78 is 1.32. The van der Waals surface area contributed by atoms with Gasteiger partial charge in [-0.1, -0.05) is 25.1 Å². The van der Waals surface area contributed by atoms with Crippen molar-refractivity contribution in [2.75, 3.05) is 6.54 Å². The zero-order valence-electron chi connectivity index (χ0n) is 14.8. The Morgan fingerprint density at radius 3 is 2.59 bits per heavy atom. The first-order valence-electron chi connectivity index (χ1n) is 8.93. The predicted molar refractivity (Wildman–Crippen MR) is 95.7 cm³/mol. The number of carboxylic acid groups (broad SMARTS) is 1. The summed E-state index contributed by atoms with van der Waals surface area (Å²) in [5.74, 6) is -1.08. The van der Waals surface area contributed by atoms with E-state index in [0.29, 0.717) is 18.2 Å². The summed E-state index contributed by atoms with van der Waals surface area (Å²) in [5.41, 5.74) is 0.510. The Bertz CT molecular complexity index is 908. The smallest absolute Gasteiger partial charge is 0.356 e. The van der Waals surface area contributed by atoms with Crippen LogP contribution in [-0.4, -0.2) is 56.2 Å². The van der Waals surface area contributed by atoms with Crippen molar-refractivity contribution >= 4 is 17.8 Å². The molecule has 1 aliphatic heterocycles. The van der Waals surface area contributed by atoms with E-state index in [4.69, 9.17) is 0 Å². The minimum Gasteiger partial charge on any atom is -0.476 e. The number of rotatable bonds is 5. The van der Waals surface area contributed by atoms with E-state index in [1.165, 1.54) is 10.7 Å². The van der Waals surface area contributed by atoms with Crippen molar-refractivity contribution in [3.8, 4) is 5.69 Å². The highest BCUT2D eigenvalue weighted by Gasteiger charge is 2.45. The van der Waals surface area contributed by atoms with E-state index in [1.54, 1.807) is 24.3 Å². The molecule has 27 heavy (non-hydrogen) atoms. The van der Waals surface area contributed by atoms with E-state index < -0.39 is 11.9 Å². The van der Waals surface area contributed by atoms with E-state index in [9.17, 15) is 19.5 Å². The van der Waals surface area contributed by atoms with Crippen LogP contribution in [0.4, 0.5) is 0 Å². The number of aromatic carboxylic acids is 1. The number of carbonyl (C=O) groups is 3. The fourth-order valence-corrected chi connectivity index (χ4v) is 3.56. The van der Waals surface area contributed by atoms with Gasteiger partial charge in [-0.3, -0.25) is 9.59 Å². The van der Waals surface area contributed by atoms with Crippen molar-refractivity contribution in [2.24, 2.45) is 5.92 Å². The molecule has 1 saturated carbocycles. The van der Waals surface area contributed by atoms with Crippen molar-refractivity contribution in [2.45, 2.75) is 31.8 Å². The van der Waals surface area contributed by atoms with E-state index in [-0.39, 0.29) is 35.8 Å². The Labute approximate surface area is 155 Å². The lowest BCUT2D eigenvalue weighted by Gasteiger charge is -2.17. The topological polar surface area (TPSA) is 105 Å². The van der Waals surface area contributed by atoms with E-state index in [2.05, 4.69) is 17.3 Å². The molecule has 0 unspecified atom stereocenters. The standard InChI is InChI=1S/C19H20N4O4/c1-11-7-15(11)22-10-12(8-17(22)24)20-18(25)16-9-14(19(26)27)21-23(16)13-5-3-2-4-6-13/h2-6,9,11-12,15H,7-8,10H2,1H3,(H,20,25)(H,26,27)/t11-,12+,15-/m1/s1. The molecule has 2 amide bonds. The molecule has 0 radical (unpaired) electrons. The lowest BCUT2D eigenvalue weighted by atomic mass is 10.2. The Hall–Kier alpha value is -3.16.